The van der Waals surface area contributed by atoms with Crippen LogP contribution in [0.4, 0.5) is 5.95 Å². The van der Waals surface area contributed by atoms with E-state index in [1.165, 1.54) is 12.8 Å². The zero-order chi connectivity index (χ0) is 11.5. The molecule has 0 aromatic carbocycles. The van der Waals surface area contributed by atoms with E-state index < -0.39 is 0 Å². The summed E-state index contributed by atoms with van der Waals surface area (Å²) in [7, 11) is 0. The van der Waals surface area contributed by atoms with Gasteiger partial charge in [-0.3, -0.25) is 4.79 Å². The van der Waals surface area contributed by atoms with Crippen molar-refractivity contribution in [2.45, 2.75) is 45.2 Å². The predicted molar refractivity (Wildman–Crippen MR) is 62.7 cm³/mol. The lowest BCUT2D eigenvalue weighted by Crippen LogP contribution is -2.35. The van der Waals surface area contributed by atoms with Crippen molar-refractivity contribution >= 4 is 12.2 Å². The van der Waals surface area contributed by atoms with E-state index in [-0.39, 0.29) is 0 Å². The Hall–Kier alpha value is -1.45. The lowest BCUT2D eigenvalue weighted by Gasteiger charge is -2.27. The fraction of sp³-hybridized carbons (Fsp3) is 0.583. The molecule has 0 spiro atoms. The van der Waals surface area contributed by atoms with E-state index in [9.17, 15) is 4.79 Å². The average Bonchev–Trinajstić information content (AvgIpc) is 2.70. The standard InChI is InChI=1S/C12H17N3O/c1-3-11-5-4-9(2)15(11)12-13-6-10(8-16)7-14-12/h6-9,11H,3-5H2,1-2H3. The number of carbonyl (C=O) groups is 1. The van der Waals surface area contributed by atoms with Gasteiger partial charge in [-0.15, -0.1) is 0 Å². The SMILES string of the molecule is CCC1CCC(C)N1c1ncc(C=O)cn1. The molecule has 4 nitrogen and oxygen atoms in total. The predicted octanol–water partition coefficient (Wildman–Crippen LogP) is 2.06. The highest BCUT2D eigenvalue weighted by Crippen LogP contribution is 2.29. The molecule has 4 heteroatoms. The highest BCUT2D eigenvalue weighted by Gasteiger charge is 2.30. The number of hydrogen-bond donors (Lipinski definition) is 0. The van der Waals surface area contributed by atoms with Crippen LogP contribution in [-0.2, 0) is 0 Å². The van der Waals surface area contributed by atoms with E-state index in [4.69, 9.17) is 0 Å². The number of aldehydes is 1. The van der Waals surface area contributed by atoms with Crippen LogP contribution < -0.4 is 4.90 Å². The Bertz CT molecular complexity index is 363. The average molecular weight is 219 g/mol. The van der Waals surface area contributed by atoms with Crippen molar-refractivity contribution < 1.29 is 4.79 Å². The monoisotopic (exact) mass is 219 g/mol. The van der Waals surface area contributed by atoms with Crippen molar-refractivity contribution in [1.29, 1.82) is 0 Å². The van der Waals surface area contributed by atoms with Crippen LogP contribution in [0.25, 0.3) is 0 Å². The van der Waals surface area contributed by atoms with Crippen LogP contribution in [0.2, 0.25) is 0 Å². The molecule has 1 aliphatic rings. The van der Waals surface area contributed by atoms with Crippen LogP contribution >= 0.6 is 0 Å². The summed E-state index contributed by atoms with van der Waals surface area (Å²) in [5, 5.41) is 0. The molecule has 0 saturated carbocycles. The third-order valence-electron chi connectivity index (χ3n) is 3.28. The van der Waals surface area contributed by atoms with Crippen LogP contribution in [0, 0.1) is 0 Å². The first-order valence-electron chi connectivity index (χ1n) is 5.81. The second-order valence-corrected chi connectivity index (χ2v) is 4.33. The maximum absolute atomic E-state index is 10.5. The van der Waals surface area contributed by atoms with Gasteiger partial charge in [0.05, 0.1) is 5.56 Å². The zero-order valence-electron chi connectivity index (χ0n) is 9.76. The molecule has 16 heavy (non-hydrogen) atoms. The normalized spacial score (nSPS) is 24.8. The summed E-state index contributed by atoms with van der Waals surface area (Å²) in [5.74, 6) is 0.752. The van der Waals surface area contributed by atoms with Crippen LogP contribution in [0.15, 0.2) is 12.4 Å². The molecular weight excluding hydrogens is 202 g/mol. The summed E-state index contributed by atoms with van der Waals surface area (Å²) in [6.07, 6.45) is 7.46. The smallest absolute Gasteiger partial charge is 0.225 e. The molecule has 2 rings (SSSR count). The first-order valence-corrected chi connectivity index (χ1v) is 5.81. The largest absolute Gasteiger partial charge is 0.335 e. The van der Waals surface area contributed by atoms with Crippen molar-refractivity contribution in [2.24, 2.45) is 0 Å². The van der Waals surface area contributed by atoms with E-state index >= 15 is 0 Å². The lowest BCUT2D eigenvalue weighted by atomic mass is 10.2. The Morgan fingerprint density at radius 2 is 2.12 bits per heavy atom. The summed E-state index contributed by atoms with van der Waals surface area (Å²) in [4.78, 5) is 21.3. The Morgan fingerprint density at radius 3 is 2.69 bits per heavy atom. The molecule has 2 unspecified atom stereocenters. The third kappa shape index (κ3) is 1.92. The number of rotatable bonds is 3. The topological polar surface area (TPSA) is 46.1 Å². The van der Waals surface area contributed by atoms with Gasteiger partial charge in [0.1, 0.15) is 0 Å². The number of nitrogens with zero attached hydrogens (tertiary/aromatic N) is 3. The zero-order valence-corrected chi connectivity index (χ0v) is 9.76. The second-order valence-electron chi connectivity index (χ2n) is 4.33. The summed E-state index contributed by atoms with van der Waals surface area (Å²) >= 11 is 0. The fourth-order valence-electron chi connectivity index (χ4n) is 2.36. The number of aromatic nitrogens is 2. The number of anilines is 1. The molecule has 0 N–H and O–H groups in total. The van der Waals surface area contributed by atoms with Gasteiger partial charge in [-0.25, -0.2) is 9.97 Å². The van der Waals surface area contributed by atoms with E-state index in [0.29, 0.717) is 17.6 Å². The van der Waals surface area contributed by atoms with Gasteiger partial charge < -0.3 is 4.90 Å². The molecule has 2 atom stereocenters. The van der Waals surface area contributed by atoms with Crippen molar-refractivity contribution in [2.75, 3.05) is 4.90 Å². The summed E-state index contributed by atoms with van der Waals surface area (Å²) in [6.45, 7) is 4.39. The molecular formula is C12H17N3O. The molecule has 1 fully saturated rings. The highest BCUT2D eigenvalue weighted by atomic mass is 16.1. The molecule has 1 aromatic rings. The van der Waals surface area contributed by atoms with Gasteiger partial charge in [-0.05, 0) is 26.2 Å². The van der Waals surface area contributed by atoms with Gasteiger partial charge in [-0.1, -0.05) is 6.92 Å². The van der Waals surface area contributed by atoms with Gasteiger partial charge in [0.25, 0.3) is 0 Å². The van der Waals surface area contributed by atoms with Gasteiger partial charge in [-0.2, -0.15) is 0 Å². The van der Waals surface area contributed by atoms with Crippen LogP contribution in [0.3, 0.4) is 0 Å². The number of carbonyl (C=O) groups excluding carboxylic acids is 1. The third-order valence-corrected chi connectivity index (χ3v) is 3.28. The molecule has 0 amide bonds. The van der Waals surface area contributed by atoms with Crippen LogP contribution in [0.5, 0.6) is 0 Å². The Morgan fingerprint density at radius 1 is 1.44 bits per heavy atom. The van der Waals surface area contributed by atoms with Gasteiger partial charge >= 0.3 is 0 Å². The van der Waals surface area contributed by atoms with Crippen molar-refractivity contribution in [1.82, 2.24) is 9.97 Å². The summed E-state index contributed by atoms with van der Waals surface area (Å²) < 4.78 is 0. The van der Waals surface area contributed by atoms with E-state index in [2.05, 4.69) is 28.7 Å². The Balaban J connectivity index is 2.24. The molecule has 1 aromatic heterocycles. The summed E-state index contributed by atoms with van der Waals surface area (Å²) in [5.41, 5.74) is 0.531. The molecule has 0 aliphatic carbocycles. The molecule has 1 aliphatic heterocycles. The van der Waals surface area contributed by atoms with E-state index in [1.54, 1.807) is 12.4 Å². The molecule has 86 valence electrons. The van der Waals surface area contributed by atoms with E-state index in [0.717, 1.165) is 18.7 Å². The van der Waals surface area contributed by atoms with Gasteiger partial charge in [0.15, 0.2) is 6.29 Å². The minimum Gasteiger partial charge on any atom is -0.335 e. The van der Waals surface area contributed by atoms with Crippen LogP contribution in [-0.4, -0.2) is 28.3 Å². The van der Waals surface area contributed by atoms with Gasteiger partial charge in [0.2, 0.25) is 5.95 Å². The Kier molecular flexibility index (Phi) is 3.17. The highest BCUT2D eigenvalue weighted by molar-refractivity contribution is 5.73. The van der Waals surface area contributed by atoms with E-state index in [1.807, 2.05) is 0 Å². The Labute approximate surface area is 95.7 Å². The molecule has 0 radical (unpaired) electrons. The van der Waals surface area contributed by atoms with Crippen molar-refractivity contribution in [3.05, 3.63) is 18.0 Å². The van der Waals surface area contributed by atoms with Crippen molar-refractivity contribution in [3.8, 4) is 0 Å². The first-order chi connectivity index (χ1) is 7.76. The maximum Gasteiger partial charge on any atom is 0.225 e. The quantitative estimate of drug-likeness (QED) is 0.730. The number of hydrogen-bond acceptors (Lipinski definition) is 4. The van der Waals surface area contributed by atoms with Gasteiger partial charge in [0, 0.05) is 24.5 Å². The minimum atomic E-state index is 0.493. The van der Waals surface area contributed by atoms with Crippen molar-refractivity contribution in [3.63, 3.8) is 0 Å². The van der Waals surface area contributed by atoms with Crippen LogP contribution in [0.1, 0.15) is 43.5 Å². The maximum atomic E-state index is 10.5. The lowest BCUT2D eigenvalue weighted by molar-refractivity contribution is 0.112. The summed E-state index contributed by atoms with van der Waals surface area (Å²) in [6, 6.07) is 1.03. The first kappa shape index (κ1) is 11.0. The minimum absolute atomic E-state index is 0.493. The molecule has 2 heterocycles. The second kappa shape index (κ2) is 4.60. The fourth-order valence-corrected chi connectivity index (χ4v) is 2.36. The molecule has 0 bridgehead atoms. The molecule has 1 saturated heterocycles.